The van der Waals surface area contributed by atoms with Gasteiger partial charge in [0.05, 0.1) is 5.56 Å². The minimum absolute atomic E-state index is 0.162. The van der Waals surface area contributed by atoms with Crippen molar-refractivity contribution in [3.63, 3.8) is 0 Å². The molecule has 0 amide bonds. The number of rotatable bonds is 5. The van der Waals surface area contributed by atoms with Crippen molar-refractivity contribution in [3.05, 3.63) is 47.5 Å². The monoisotopic (exact) mass is 325 g/mol. The van der Waals surface area contributed by atoms with E-state index in [2.05, 4.69) is 10.3 Å². The summed E-state index contributed by atoms with van der Waals surface area (Å²) in [6, 6.07) is 7.37. The first-order valence-corrected chi connectivity index (χ1v) is 6.73. The predicted molar refractivity (Wildman–Crippen MR) is 75.5 cm³/mol. The second kappa shape index (κ2) is 6.30. The first-order chi connectivity index (χ1) is 10.8. The number of nitriles is 1. The average molecular weight is 325 g/mol. The van der Waals surface area contributed by atoms with Crippen LogP contribution >= 0.6 is 0 Å². The minimum Gasteiger partial charge on any atom is -0.463 e. The zero-order valence-electron chi connectivity index (χ0n) is 12.2. The largest absolute Gasteiger partial charge is 0.463 e. The van der Waals surface area contributed by atoms with E-state index in [-0.39, 0.29) is 23.7 Å². The molecule has 0 aliphatic carbocycles. The number of hydrogen-bond acceptors (Lipinski definition) is 5. The van der Waals surface area contributed by atoms with E-state index in [0.29, 0.717) is 0 Å². The third kappa shape index (κ3) is 3.46. The lowest BCUT2D eigenvalue weighted by atomic mass is 9.95. The summed E-state index contributed by atoms with van der Waals surface area (Å²) >= 11 is 0. The molecule has 2 rings (SSSR count). The molecule has 2 aromatic heterocycles. The van der Waals surface area contributed by atoms with E-state index >= 15 is 0 Å². The van der Waals surface area contributed by atoms with E-state index in [4.69, 9.17) is 9.68 Å². The fourth-order valence-electron chi connectivity index (χ4n) is 2.06. The number of halogens is 3. The second-order valence-electron chi connectivity index (χ2n) is 4.96. The van der Waals surface area contributed by atoms with Gasteiger partial charge in [-0.2, -0.15) is 18.4 Å². The molecule has 5 nitrogen and oxygen atoms in total. The summed E-state index contributed by atoms with van der Waals surface area (Å²) in [5.41, 5.74) is -2.91. The van der Waals surface area contributed by atoms with Gasteiger partial charge in [-0.05, 0) is 31.2 Å². The van der Waals surface area contributed by atoms with Crippen molar-refractivity contribution < 1.29 is 22.7 Å². The molecule has 2 heterocycles. The molecule has 0 aliphatic heterocycles. The van der Waals surface area contributed by atoms with Gasteiger partial charge < -0.3 is 14.8 Å². The quantitative estimate of drug-likeness (QED) is 0.883. The van der Waals surface area contributed by atoms with Crippen LogP contribution in [0.3, 0.4) is 0 Å². The van der Waals surface area contributed by atoms with Crippen molar-refractivity contribution in [3.8, 4) is 6.07 Å². The van der Waals surface area contributed by atoms with Crippen LogP contribution in [0.4, 0.5) is 19.0 Å². The molecule has 122 valence electrons. The van der Waals surface area contributed by atoms with Crippen molar-refractivity contribution >= 4 is 5.82 Å². The van der Waals surface area contributed by atoms with Gasteiger partial charge in [-0.1, -0.05) is 0 Å². The number of aromatic nitrogens is 1. The highest BCUT2D eigenvalue weighted by molar-refractivity contribution is 5.51. The summed E-state index contributed by atoms with van der Waals surface area (Å²) < 4.78 is 44.8. The average Bonchev–Trinajstić information content (AvgIpc) is 2.93. The van der Waals surface area contributed by atoms with Gasteiger partial charge in [-0.3, -0.25) is 0 Å². The van der Waals surface area contributed by atoms with Gasteiger partial charge in [0.1, 0.15) is 23.4 Å². The number of pyridine rings is 1. The number of aryl methyl sites for hydroxylation is 1. The van der Waals surface area contributed by atoms with Crippen LogP contribution in [0.5, 0.6) is 0 Å². The van der Waals surface area contributed by atoms with Crippen LogP contribution in [0.2, 0.25) is 0 Å². The Morgan fingerprint density at radius 2 is 2.09 bits per heavy atom. The van der Waals surface area contributed by atoms with Crippen molar-refractivity contribution in [1.82, 2.24) is 4.98 Å². The molecule has 8 heteroatoms. The van der Waals surface area contributed by atoms with E-state index in [1.165, 1.54) is 25.3 Å². The Bertz CT molecular complexity index is 721. The van der Waals surface area contributed by atoms with Gasteiger partial charge in [0.2, 0.25) is 5.60 Å². The highest BCUT2D eigenvalue weighted by atomic mass is 19.4. The molecule has 0 radical (unpaired) electrons. The molecule has 1 atom stereocenters. The Hall–Kier alpha value is -2.53. The molecule has 0 aromatic carbocycles. The maximum atomic E-state index is 13.3. The second-order valence-corrected chi connectivity index (χ2v) is 4.96. The normalized spacial score (nSPS) is 14.1. The molecule has 2 N–H and O–H groups in total. The first kappa shape index (κ1) is 16.8. The van der Waals surface area contributed by atoms with Crippen LogP contribution < -0.4 is 5.32 Å². The Labute approximate surface area is 130 Å². The molecule has 0 saturated carbocycles. The number of anilines is 1. The zero-order valence-corrected chi connectivity index (χ0v) is 12.2. The van der Waals surface area contributed by atoms with Crippen LogP contribution in [0.25, 0.3) is 0 Å². The molecule has 0 saturated heterocycles. The topological polar surface area (TPSA) is 82.1 Å². The Morgan fingerprint density at radius 3 is 2.65 bits per heavy atom. The Kier molecular flexibility index (Phi) is 4.61. The summed E-state index contributed by atoms with van der Waals surface area (Å²) in [6.45, 7) is 1.24. The lowest BCUT2D eigenvalue weighted by Gasteiger charge is -2.28. The molecule has 0 bridgehead atoms. The molecule has 0 unspecified atom stereocenters. The number of nitrogens with one attached hydrogen (secondary N) is 1. The van der Waals surface area contributed by atoms with Gasteiger partial charge >= 0.3 is 6.18 Å². The van der Waals surface area contributed by atoms with Gasteiger partial charge in [0.25, 0.3) is 0 Å². The fraction of sp³-hybridized carbons (Fsp3) is 0.333. The lowest BCUT2D eigenvalue weighted by Crippen LogP contribution is -2.43. The predicted octanol–water partition coefficient (Wildman–Crippen LogP) is 3.11. The third-order valence-corrected chi connectivity index (χ3v) is 3.32. The smallest absolute Gasteiger partial charge is 0.424 e. The number of furan rings is 1. The molecular formula is C15H14F3N3O2. The molecule has 0 aliphatic rings. The fourth-order valence-corrected chi connectivity index (χ4v) is 2.06. The van der Waals surface area contributed by atoms with Crippen LogP contribution in [-0.4, -0.2) is 22.8 Å². The maximum Gasteiger partial charge on any atom is 0.424 e. The number of nitrogens with zero attached hydrogens (tertiary/aromatic N) is 2. The van der Waals surface area contributed by atoms with Crippen molar-refractivity contribution in [2.75, 3.05) is 11.9 Å². The summed E-state index contributed by atoms with van der Waals surface area (Å²) in [5.74, 6) is -0.131. The lowest BCUT2D eigenvalue weighted by molar-refractivity contribution is -0.274. The Morgan fingerprint density at radius 1 is 1.35 bits per heavy atom. The van der Waals surface area contributed by atoms with Crippen molar-refractivity contribution in [1.29, 1.82) is 5.26 Å². The van der Waals surface area contributed by atoms with Crippen molar-refractivity contribution in [2.24, 2.45) is 0 Å². The summed E-state index contributed by atoms with van der Waals surface area (Å²) in [5, 5.41) is 21.6. The van der Waals surface area contributed by atoms with E-state index < -0.39 is 24.0 Å². The molecule has 23 heavy (non-hydrogen) atoms. The minimum atomic E-state index is -4.90. The van der Waals surface area contributed by atoms with Gasteiger partial charge in [0.15, 0.2) is 0 Å². The number of hydrogen-bond donors (Lipinski definition) is 2. The summed E-state index contributed by atoms with van der Waals surface area (Å²) in [6.07, 6.45) is -4.18. The third-order valence-electron chi connectivity index (χ3n) is 3.32. The SMILES string of the molecule is Cc1ccc([C@@](O)(CCNc2ncccc2C#N)C(F)(F)F)o1. The molecular weight excluding hydrogens is 311 g/mol. The Balaban J connectivity index is 2.16. The number of alkyl halides is 3. The molecule has 0 spiro atoms. The van der Waals surface area contributed by atoms with Gasteiger partial charge in [-0.15, -0.1) is 0 Å². The van der Waals surface area contributed by atoms with Crippen LogP contribution in [0, 0.1) is 18.3 Å². The summed E-state index contributed by atoms with van der Waals surface area (Å²) in [7, 11) is 0. The standard InChI is InChI=1S/C15H14F3N3O2/c1-10-4-5-12(23-10)14(22,15(16,17)18)6-8-21-13-11(9-19)3-2-7-20-13/h2-5,7,22H,6,8H2,1H3,(H,20,21)/t14-/m0/s1. The highest BCUT2D eigenvalue weighted by Gasteiger charge is 2.56. The van der Waals surface area contributed by atoms with Crippen LogP contribution in [0.1, 0.15) is 23.5 Å². The van der Waals surface area contributed by atoms with Gasteiger partial charge in [-0.25, -0.2) is 4.98 Å². The molecule has 0 fully saturated rings. The summed E-state index contributed by atoms with van der Waals surface area (Å²) in [4.78, 5) is 3.89. The van der Waals surface area contributed by atoms with E-state index in [9.17, 15) is 18.3 Å². The maximum absolute atomic E-state index is 13.3. The zero-order chi connectivity index (χ0) is 17.1. The van der Waals surface area contributed by atoms with E-state index in [0.717, 1.165) is 6.07 Å². The van der Waals surface area contributed by atoms with E-state index in [1.54, 1.807) is 6.07 Å². The molecule has 2 aromatic rings. The van der Waals surface area contributed by atoms with E-state index in [1.807, 2.05) is 6.07 Å². The van der Waals surface area contributed by atoms with Crippen LogP contribution in [-0.2, 0) is 5.60 Å². The van der Waals surface area contributed by atoms with Crippen LogP contribution in [0.15, 0.2) is 34.9 Å². The number of aliphatic hydroxyl groups is 1. The highest BCUT2D eigenvalue weighted by Crippen LogP contribution is 2.42. The van der Waals surface area contributed by atoms with Crippen molar-refractivity contribution in [2.45, 2.75) is 25.1 Å². The van der Waals surface area contributed by atoms with Gasteiger partial charge in [0, 0.05) is 19.2 Å². The first-order valence-electron chi connectivity index (χ1n) is 6.73.